The highest BCUT2D eigenvalue weighted by Gasteiger charge is 2.24. The fourth-order valence-corrected chi connectivity index (χ4v) is 2.32. The Labute approximate surface area is 114 Å². The molecule has 0 bridgehead atoms. The van der Waals surface area contributed by atoms with Crippen LogP contribution in [0, 0.1) is 7.14 Å². The number of carbonyl (C=O) groups is 1. The summed E-state index contributed by atoms with van der Waals surface area (Å²) in [7, 11) is 1.44. The summed E-state index contributed by atoms with van der Waals surface area (Å²) >= 11 is 4.06. The second kappa shape index (κ2) is 5.30. The lowest BCUT2D eigenvalue weighted by molar-refractivity contribution is -0.147. The van der Waals surface area contributed by atoms with Gasteiger partial charge < -0.3 is 14.9 Å². The Morgan fingerprint density at radius 2 is 2.07 bits per heavy atom. The summed E-state index contributed by atoms with van der Waals surface area (Å²) in [6, 6.07) is 3.45. The van der Waals surface area contributed by atoms with E-state index in [1.807, 2.05) is 22.6 Å². The minimum Gasteiger partial charge on any atom is -0.496 e. The van der Waals surface area contributed by atoms with E-state index in [0.717, 1.165) is 3.57 Å². The minimum absolute atomic E-state index is 0.303. The summed E-state index contributed by atoms with van der Waals surface area (Å²) in [6.45, 7) is 0. The number of methoxy groups -OCH3 is 1. The highest BCUT2D eigenvalue weighted by Crippen LogP contribution is 2.33. The fourth-order valence-electron chi connectivity index (χ4n) is 1.10. The van der Waals surface area contributed by atoms with Crippen molar-refractivity contribution in [2.24, 2.45) is 0 Å². The van der Waals surface area contributed by atoms with Crippen LogP contribution in [-0.2, 0) is 4.79 Å². The first kappa shape index (κ1) is 13.0. The van der Waals surface area contributed by atoms with Crippen LogP contribution in [0.15, 0.2) is 12.1 Å². The van der Waals surface area contributed by atoms with Crippen molar-refractivity contribution in [2.75, 3.05) is 7.11 Å². The molecule has 0 aliphatic carbocycles. The van der Waals surface area contributed by atoms with E-state index < -0.39 is 12.1 Å². The number of halogens is 2. The van der Waals surface area contributed by atoms with E-state index in [0.29, 0.717) is 14.9 Å². The minimum atomic E-state index is -1.55. The van der Waals surface area contributed by atoms with Gasteiger partial charge in [-0.1, -0.05) is 0 Å². The number of aliphatic hydroxyl groups is 1. The average molecular weight is 434 g/mol. The smallest absolute Gasteiger partial charge is 0.337 e. The molecule has 1 unspecified atom stereocenters. The van der Waals surface area contributed by atoms with E-state index in [1.54, 1.807) is 12.1 Å². The third-order valence-corrected chi connectivity index (χ3v) is 4.91. The molecule has 2 N–H and O–H groups in total. The third kappa shape index (κ3) is 2.72. The fraction of sp³-hybridized carbons (Fsp3) is 0.222. The first-order valence-corrected chi connectivity index (χ1v) is 6.07. The van der Waals surface area contributed by atoms with Gasteiger partial charge in [0, 0.05) is 12.7 Å². The van der Waals surface area contributed by atoms with Gasteiger partial charge in [-0.2, -0.15) is 0 Å². The Hall–Kier alpha value is -0.0900. The van der Waals surface area contributed by atoms with Crippen molar-refractivity contribution >= 4 is 51.2 Å². The van der Waals surface area contributed by atoms with Gasteiger partial charge in [0.05, 0.1) is 7.11 Å². The first-order valence-electron chi connectivity index (χ1n) is 3.91. The molecular formula is C9H8I2O4. The maximum absolute atomic E-state index is 10.7. The molecule has 0 aliphatic rings. The Morgan fingerprint density at radius 3 is 2.53 bits per heavy atom. The molecule has 0 saturated heterocycles. The maximum Gasteiger partial charge on any atom is 0.337 e. The molecule has 1 rings (SSSR count). The normalized spacial score (nSPS) is 12.3. The zero-order chi connectivity index (χ0) is 11.6. The monoisotopic (exact) mass is 434 g/mol. The lowest BCUT2D eigenvalue weighted by atomic mass is 10.1. The van der Waals surface area contributed by atoms with E-state index in [2.05, 4.69) is 22.6 Å². The summed E-state index contributed by atoms with van der Waals surface area (Å²) in [6.07, 6.45) is -1.55. The SMILES string of the molecule is COc1ccc(I)c(I)c1C(O)C(=O)O. The van der Waals surface area contributed by atoms with Gasteiger partial charge in [-0.3, -0.25) is 0 Å². The standard InChI is InChI=1S/C9H8I2O4/c1-15-5-3-2-4(10)7(11)6(5)8(12)9(13)14/h2-3,8,12H,1H3,(H,13,14). The number of carboxylic acids is 1. The van der Waals surface area contributed by atoms with E-state index in [1.165, 1.54) is 7.11 Å². The summed E-state index contributed by atoms with van der Waals surface area (Å²) < 4.78 is 6.60. The molecule has 0 aliphatic heterocycles. The molecule has 0 saturated carbocycles. The van der Waals surface area contributed by atoms with Gasteiger partial charge in [0.25, 0.3) is 0 Å². The van der Waals surface area contributed by atoms with Crippen molar-refractivity contribution < 1.29 is 19.7 Å². The Balaban J connectivity index is 3.35. The van der Waals surface area contributed by atoms with Gasteiger partial charge in [-0.05, 0) is 57.3 Å². The van der Waals surface area contributed by atoms with E-state index in [9.17, 15) is 9.90 Å². The number of ether oxygens (including phenoxy) is 1. The van der Waals surface area contributed by atoms with Crippen LogP contribution in [0.5, 0.6) is 5.75 Å². The molecule has 1 atom stereocenters. The Bertz CT molecular complexity index is 392. The van der Waals surface area contributed by atoms with Gasteiger partial charge in [0.1, 0.15) is 5.75 Å². The molecular weight excluding hydrogens is 426 g/mol. The molecule has 0 aromatic heterocycles. The van der Waals surface area contributed by atoms with Gasteiger partial charge in [-0.25, -0.2) is 4.79 Å². The van der Waals surface area contributed by atoms with Gasteiger partial charge in [0.15, 0.2) is 6.10 Å². The van der Waals surface area contributed by atoms with Crippen molar-refractivity contribution in [1.82, 2.24) is 0 Å². The molecule has 0 radical (unpaired) electrons. The second-order valence-corrected chi connectivity index (χ2v) is 4.96. The largest absolute Gasteiger partial charge is 0.496 e. The molecule has 4 nitrogen and oxygen atoms in total. The number of rotatable bonds is 3. The van der Waals surface area contributed by atoms with Crippen molar-refractivity contribution in [1.29, 1.82) is 0 Å². The number of hydrogen-bond donors (Lipinski definition) is 2. The quantitative estimate of drug-likeness (QED) is 0.716. The number of aliphatic carboxylic acids is 1. The average Bonchev–Trinajstić information content (AvgIpc) is 2.20. The Kier molecular flexibility index (Phi) is 4.59. The second-order valence-electron chi connectivity index (χ2n) is 2.72. The van der Waals surface area contributed by atoms with Crippen molar-refractivity contribution in [3.05, 3.63) is 24.8 Å². The molecule has 0 heterocycles. The lowest BCUT2D eigenvalue weighted by Crippen LogP contribution is -2.13. The van der Waals surface area contributed by atoms with Crippen LogP contribution in [0.1, 0.15) is 11.7 Å². The van der Waals surface area contributed by atoms with Crippen LogP contribution < -0.4 is 4.74 Å². The first-order chi connectivity index (χ1) is 6.99. The summed E-state index contributed by atoms with van der Waals surface area (Å²) in [5, 5.41) is 18.3. The number of aliphatic hydroxyl groups excluding tert-OH is 1. The third-order valence-electron chi connectivity index (χ3n) is 1.82. The lowest BCUT2D eigenvalue weighted by Gasteiger charge is -2.14. The molecule has 1 aromatic carbocycles. The molecule has 0 amide bonds. The van der Waals surface area contributed by atoms with Gasteiger partial charge in [-0.15, -0.1) is 0 Å². The van der Waals surface area contributed by atoms with Crippen LogP contribution in [0.4, 0.5) is 0 Å². The molecule has 82 valence electrons. The number of carboxylic acid groups (broad SMARTS) is 1. The molecule has 0 spiro atoms. The number of benzene rings is 1. The van der Waals surface area contributed by atoms with Crippen molar-refractivity contribution in [3.63, 3.8) is 0 Å². The van der Waals surface area contributed by atoms with Crippen LogP contribution in [0.3, 0.4) is 0 Å². The molecule has 1 aromatic rings. The highest BCUT2D eigenvalue weighted by molar-refractivity contribution is 14.1. The van der Waals surface area contributed by atoms with E-state index in [4.69, 9.17) is 9.84 Å². The van der Waals surface area contributed by atoms with Crippen LogP contribution in [0.2, 0.25) is 0 Å². The summed E-state index contributed by atoms with van der Waals surface area (Å²) in [4.78, 5) is 10.7. The summed E-state index contributed by atoms with van der Waals surface area (Å²) in [5.74, 6) is -0.900. The topological polar surface area (TPSA) is 66.8 Å². The summed E-state index contributed by atoms with van der Waals surface area (Å²) in [5.41, 5.74) is 0.303. The predicted octanol–water partition coefficient (Wildman–Crippen LogP) is 2.02. The Morgan fingerprint density at radius 1 is 1.47 bits per heavy atom. The van der Waals surface area contributed by atoms with Crippen LogP contribution in [0.25, 0.3) is 0 Å². The molecule has 0 fully saturated rings. The highest BCUT2D eigenvalue weighted by atomic mass is 127. The van der Waals surface area contributed by atoms with Crippen LogP contribution >= 0.6 is 45.2 Å². The zero-order valence-corrected chi connectivity index (χ0v) is 12.0. The van der Waals surface area contributed by atoms with Gasteiger partial charge >= 0.3 is 5.97 Å². The number of hydrogen-bond acceptors (Lipinski definition) is 3. The van der Waals surface area contributed by atoms with Crippen LogP contribution in [-0.4, -0.2) is 23.3 Å². The predicted molar refractivity (Wildman–Crippen MR) is 71.0 cm³/mol. The molecule has 6 heteroatoms. The maximum atomic E-state index is 10.7. The van der Waals surface area contributed by atoms with Crippen molar-refractivity contribution in [2.45, 2.75) is 6.10 Å². The zero-order valence-electron chi connectivity index (χ0n) is 7.70. The van der Waals surface area contributed by atoms with Gasteiger partial charge in [0.2, 0.25) is 0 Å². The van der Waals surface area contributed by atoms with E-state index >= 15 is 0 Å². The van der Waals surface area contributed by atoms with Crippen molar-refractivity contribution in [3.8, 4) is 5.75 Å². The van der Waals surface area contributed by atoms with E-state index in [-0.39, 0.29) is 0 Å². The molecule has 15 heavy (non-hydrogen) atoms.